The molecule has 6 rings (SSSR count). The van der Waals surface area contributed by atoms with Crippen LogP contribution in [0.15, 0.2) is 76.6 Å². The average Bonchev–Trinajstić information content (AvgIpc) is 3.72. The Morgan fingerprint density at radius 1 is 0.964 bits per heavy atom. The van der Waals surface area contributed by atoms with Gasteiger partial charge in [0.15, 0.2) is 0 Å². The van der Waals surface area contributed by atoms with E-state index in [1.807, 2.05) is 6.07 Å². The molecule has 3 heterocycles. The maximum atomic E-state index is 14.3. The number of nitriles is 1. The molecule has 0 atom stereocenters. The molecule has 0 aliphatic carbocycles. The summed E-state index contributed by atoms with van der Waals surface area (Å²) in [5, 5.41) is 16.6. The van der Waals surface area contributed by atoms with Gasteiger partial charge in [-0.15, -0.1) is 0 Å². The van der Waals surface area contributed by atoms with E-state index in [9.17, 15) is 45.8 Å². The molecule has 56 heavy (non-hydrogen) atoms. The second-order valence-corrected chi connectivity index (χ2v) is 15.5. The van der Waals surface area contributed by atoms with Crippen LogP contribution in [0.25, 0.3) is 22.8 Å². The van der Waals surface area contributed by atoms with Gasteiger partial charge >= 0.3 is 17.9 Å². The zero-order valence-corrected chi connectivity index (χ0v) is 31.9. The second-order valence-electron chi connectivity index (χ2n) is 14.2. The monoisotopic (exact) mass is 789 g/mol. The minimum Gasteiger partial charge on any atom is -0.342 e. The normalized spacial score (nSPS) is 14.4. The van der Waals surface area contributed by atoms with Crippen LogP contribution in [0.1, 0.15) is 58.8 Å². The van der Waals surface area contributed by atoms with Crippen molar-refractivity contribution < 1.29 is 35.7 Å². The predicted molar refractivity (Wildman–Crippen MR) is 199 cm³/mol. The quantitative estimate of drug-likeness (QED) is 0.188. The molecule has 3 aromatic carbocycles. The van der Waals surface area contributed by atoms with Crippen molar-refractivity contribution in [3.8, 4) is 28.8 Å². The Labute approximate surface area is 320 Å². The van der Waals surface area contributed by atoms with E-state index >= 15 is 0 Å². The molecule has 2 aromatic heterocycles. The number of benzene rings is 3. The average molecular weight is 790 g/mol. The number of hydrogen-bond acceptors (Lipinski definition) is 7. The minimum absolute atomic E-state index is 0.0657. The van der Waals surface area contributed by atoms with Crippen molar-refractivity contribution in [1.29, 1.82) is 5.26 Å². The maximum absolute atomic E-state index is 14.3. The van der Waals surface area contributed by atoms with Crippen molar-refractivity contribution in [2.45, 2.75) is 70.5 Å². The number of rotatable bonds is 7. The lowest BCUT2D eigenvalue weighted by atomic mass is 9.89. The zero-order valence-electron chi connectivity index (χ0n) is 31.1. The van der Waals surface area contributed by atoms with E-state index in [1.54, 1.807) is 62.9 Å². The number of alkyl halides is 3. The van der Waals surface area contributed by atoms with Gasteiger partial charge in [0.2, 0.25) is 5.91 Å². The molecule has 1 aliphatic heterocycles. The molecular formula is C39H38F3N7O6S. The Bertz CT molecular complexity index is 2590. The molecule has 13 nitrogen and oxygen atoms in total. The summed E-state index contributed by atoms with van der Waals surface area (Å²) < 4.78 is 78.4. The number of hydrogen-bond donors (Lipinski definition) is 2. The van der Waals surface area contributed by atoms with E-state index in [-0.39, 0.29) is 65.9 Å². The standard InChI is InChI=1S/C39H38F3N7O6S/c1-23-24(2)28(19-33(25(23)3)56(53,54)55)20-34(50)46-17-14-38(5,15-18-46)45-36(51)48-35(32-13-16-44-49(32)30-11-9-27(22-43)10-12-30)26(4)47(37(48)52)31-8-6-7-29(21-31)39(40,41)42/h6-13,16,19,21H,14-15,17-18,20H2,1-5H3,(H,45,51)(H,53,54,55). The van der Waals surface area contributed by atoms with Crippen LogP contribution in [0.3, 0.4) is 0 Å². The lowest BCUT2D eigenvalue weighted by Crippen LogP contribution is -2.56. The van der Waals surface area contributed by atoms with Crippen molar-refractivity contribution >= 4 is 22.1 Å². The summed E-state index contributed by atoms with van der Waals surface area (Å²) in [7, 11) is -4.52. The third kappa shape index (κ3) is 7.49. The van der Waals surface area contributed by atoms with Gasteiger partial charge in [0.25, 0.3) is 10.1 Å². The van der Waals surface area contributed by atoms with Crippen LogP contribution >= 0.6 is 0 Å². The highest BCUT2D eigenvalue weighted by Gasteiger charge is 2.37. The lowest BCUT2D eigenvalue weighted by molar-refractivity contribution is -0.137. The van der Waals surface area contributed by atoms with Gasteiger partial charge in [-0.1, -0.05) is 6.07 Å². The third-order valence-corrected chi connectivity index (χ3v) is 11.6. The first-order valence-electron chi connectivity index (χ1n) is 17.5. The van der Waals surface area contributed by atoms with Crippen LogP contribution in [0.4, 0.5) is 18.0 Å². The molecule has 0 saturated carbocycles. The van der Waals surface area contributed by atoms with Gasteiger partial charge in [0.1, 0.15) is 5.69 Å². The van der Waals surface area contributed by atoms with Gasteiger partial charge in [-0.25, -0.2) is 18.8 Å². The SMILES string of the molecule is Cc1c(CC(=O)N2CCC(C)(NC(=O)n3c(-c4ccnn4-c4ccc(C#N)cc4)c(C)n(-c4cccc(C(F)(F)F)c4)c3=O)CC2)cc(S(=O)(=O)O)c(C)c1C. The molecule has 0 radical (unpaired) electrons. The number of carbonyl (C=O) groups is 2. The molecule has 5 aromatic rings. The van der Waals surface area contributed by atoms with E-state index in [0.29, 0.717) is 27.9 Å². The first kappa shape index (κ1) is 39.7. The second kappa shape index (κ2) is 14.6. The Hall–Kier alpha value is -5.99. The number of halogens is 3. The summed E-state index contributed by atoms with van der Waals surface area (Å²) in [4.78, 5) is 43.4. The summed E-state index contributed by atoms with van der Waals surface area (Å²) in [6.45, 7) is 8.77. The Kier molecular flexibility index (Phi) is 10.3. The van der Waals surface area contributed by atoms with Crippen molar-refractivity contribution in [1.82, 2.24) is 29.1 Å². The molecule has 2 N–H and O–H groups in total. The number of aromatic nitrogens is 4. The fourth-order valence-electron chi connectivity index (χ4n) is 7.08. The highest BCUT2D eigenvalue weighted by molar-refractivity contribution is 7.85. The number of carbonyl (C=O) groups excluding carboxylic acids is 2. The van der Waals surface area contributed by atoms with Gasteiger partial charge in [0.05, 0.1) is 57.5 Å². The highest BCUT2D eigenvalue weighted by atomic mass is 32.2. The summed E-state index contributed by atoms with van der Waals surface area (Å²) in [6, 6.07) is 14.7. The predicted octanol–water partition coefficient (Wildman–Crippen LogP) is 6.04. The van der Waals surface area contributed by atoms with Gasteiger partial charge in [-0.05, 0) is 124 Å². The number of nitrogens with zero attached hydrogens (tertiary/aromatic N) is 6. The number of imidazole rings is 1. The minimum atomic E-state index is -4.70. The molecule has 1 aliphatic rings. The van der Waals surface area contributed by atoms with E-state index < -0.39 is 39.1 Å². The van der Waals surface area contributed by atoms with Crippen LogP contribution in [0, 0.1) is 39.0 Å². The smallest absolute Gasteiger partial charge is 0.342 e. The molecule has 0 bridgehead atoms. The number of nitrogens with one attached hydrogen (secondary N) is 1. The van der Waals surface area contributed by atoms with Crippen LogP contribution in [0.2, 0.25) is 0 Å². The van der Waals surface area contributed by atoms with E-state index in [2.05, 4.69) is 10.4 Å². The highest BCUT2D eigenvalue weighted by Crippen LogP contribution is 2.33. The number of amides is 2. The molecule has 0 unspecified atom stereocenters. The third-order valence-electron chi connectivity index (χ3n) is 10.6. The van der Waals surface area contributed by atoms with Crippen molar-refractivity contribution in [3.63, 3.8) is 0 Å². The number of piperidine rings is 1. The molecule has 2 amide bonds. The Morgan fingerprint density at radius 3 is 2.23 bits per heavy atom. The largest absolute Gasteiger partial charge is 0.416 e. The Morgan fingerprint density at radius 2 is 1.62 bits per heavy atom. The van der Waals surface area contributed by atoms with Crippen LogP contribution < -0.4 is 11.0 Å². The summed E-state index contributed by atoms with van der Waals surface area (Å²) in [5.74, 6) is -0.283. The first-order chi connectivity index (χ1) is 26.2. The Balaban J connectivity index is 1.32. The molecule has 1 saturated heterocycles. The van der Waals surface area contributed by atoms with E-state index in [0.717, 1.165) is 26.8 Å². The fraction of sp³-hybridized carbons (Fsp3) is 0.308. The van der Waals surface area contributed by atoms with Crippen LogP contribution in [0.5, 0.6) is 0 Å². The maximum Gasteiger partial charge on any atom is 0.416 e. The van der Waals surface area contributed by atoms with Gasteiger partial charge in [0, 0.05) is 18.6 Å². The van der Waals surface area contributed by atoms with Gasteiger partial charge in [-0.3, -0.25) is 13.9 Å². The number of likely N-dealkylation sites (tertiary alicyclic amines) is 1. The lowest BCUT2D eigenvalue weighted by Gasteiger charge is -2.40. The zero-order chi connectivity index (χ0) is 40.9. The van der Waals surface area contributed by atoms with Crippen LogP contribution in [-0.2, 0) is 27.5 Å². The molecule has 292 valence electrons. The van der Waals surface area contributed by atoms with Crippen molar-refractivity contribution in [2.75, 3.05) is 13.1 Å². The van der Waals surface area contributed by atoms with Crippen molar-refractivity contribution in [2.24, 2.45) is 0 Å². The topological polar surface area (TPSA) is 172 Å². The summed E-state index contributed by atoms with van der Waals surface area (Å²) in [5.41, 5.74) is 0.646. The summed E-state index contributed by atoms with van der Waals surface area (Å²) >= 11 is 0. The molecule has 17 heteroatoms. The van der Waals surface area contributed by atoms with Gasteiger partial charge in [-0.2, -0.15) is 31.9 Å². The first-order valence-corrected chi connectivity index (χ1v) is 18.9. The fourth-order valence-corrected chi connectivity index (χ4v) is 7.91. The van der Waals surface area contributed by atoms with Crippen molar-refractivity contribution in [3.05, 3.63) is 116 Å². The molecule has 1 fully saturated rings. The van der Waals surface area contributed by atoms with E-state index in [1.165, 1.54) is 36.0 Å². The molecular weight excluding hydrogens is 752 g/mol. The van der Waals surface area contributed by atoms with Gasteiger partial charge < -0.3 is 10.2 Å². The summed E-state index contributed by atoms with van der Waals surface area (Å²) in [6.07, 6.45) is -2.83. The van der Waals surface area contributed by atoms with E-state index in [4.69, 9.17) is 0 Å². The molecule has 0 spiro atoms. The van der Waals surface area contributed by atoms with Crippen LogP contribution in [-0.4, -0.2) is 67.4 Å².